The number of hydrogen-bond donors (Lipinski definition) is 0. The van der Waals surface area contributed by atoms with Crippen LogP contribution in [0.4, 0.5) is 0 Å². The standard InChI is InChI=1S/C25H42O2Si.C18H34O2Si.C16H32O2Si.C14H30O2Si.2C10H16O4.2C6H8O3/c1-15-16(2)19-14-18(15)22-17-12-20(23(19)22)21(13-17)24(26)27-25(8-6-7-9-25)10-11-28(3,4)5;1-12-13(2)15-10-14(12)11-16(15)17(19)20-18(3,4)8-9-21(5,6)7;1-7-15(2,3)14(17)18-16(10-8-9-11-16)12-13-19(4,5)6;1-9-13(2,3)12(15)16-14(4,5)10-11-17(6,7)8;2*1-4-10(2,3)9(12)14-7-5-6-13-8(7)11;2*1-3-4(2)6(8)9-5(3)7/h15-23H,6-14H2,1-5H3;12-16H,8-11H2,1-7H3;7-13H2,1-6H3;9-11H2,1-8H3;2*7H,4-6H2,1-3H3;2*3-4H,1-2H3. The lowest BCUT2D eigenvalue weighted by molar-refractivity contribution is -0.171. The Morgan fingerprint density at radius 2 is 0.672 bits per heavy atom. The smallest absolute Gasteiger partial charge is 0.347 e. The van der Waals surface area contributed by atoms with Crippen molar-refractivity contribution in [3.63, 3.8) is 0 Å². The van der Waals surface area contributed by atoms with E-state index in [1.165, 1.54) is 69.1 Å². The van der Waals surface area contributed by atoms with Crippen LogP contribution in [0, 0.1) is 128 Å². The third-order valence-electron chi connectivity index (χ3n) is 32.8. The van der Waals surface area contributed by atoms with Crippen LogP contribution in [-0.4, -0.2) is 152 Å². The van der Waals surface area contributed by atoms with Gasteiger partial charge in [-0.2, -0.15) is 0 Å². The molecular weight excluding hydrogens is 1730 g/mol. The fraction of sp³-hybridized carbons (Fsp3) is 0.886. The average Bonchev–Trinajstić information content (AvgIpc) is 1.53. The summed E-state index contributed by atoms with van der Waals surface area (Å²) in [5.74, 6) is 6.31. The Kier molecular flexibility index (Phi) is 41.8. The van der Waals surface area contributed by atoms with Gasteiger partial charge >= 0.3 is 71.6 Å². The van der Waals surface area contributed by atoms with E-state index in [0.29, 0.717) is 56.7 Å². The van der Waals surface area contributed by atoms with Crippen molar-refractivity contribution in [1.82, 2.24) is 0 Å². The van der Waals surface area contributed by atoms with E-state index < -0.39 is 91.1 Å². The highest BCUT2D eigenvalue weighted by Crippen LogP contribution is 2.72. The summed E-state index contributed by atoms with van der Waals surface area (Å²) in [6.07, 6.45) is 22.4. The van der Waals surface area contributed by atoms with Gasteiger partial charge < -0.3 is 47.4 Å². The average molecular weight is 1910 g/mol. The first-order valence-electron chi connectivity index (χ1n) is 51.1. The molecule has 0 aromatic rings. The Hall–Kier alpha value is -5.09. The molecule has 0 amide bonds. The summed E-state index contributed by atoms with van der Waals surface area (Å²) >= 11 is 0. The molecule has 4 aliphatic heterocycles. The van der Waals surface area contributed by atoms with Crippen LogP contribution < -0.4 is 0 Å². The summed E-state index contributed by atoms with van der Waals surface area (Å²) in [7, 11) is -4.31. The van der Waals surface area contributed by atoms with E-state index in [4.69, 9.17) is 37.9 Å². The highest BCUT2D eigenvalue weighted by molar-refractivity contribution is 6.77. The maximum atomic E-state index is 13.5. The van der Waals surface area contributed by atoms with Gasteiger partial charge in [0.2, 0.25) is 12.2 Å². The molecule has 0 N–H and O–H groups in total. The number of ether oxygens (including phenoxy) is 10. The predicted molar refractivity (Wildman–Crippen MR) is 527 cm³/mol. The second kappa shape index (κ2) is 47.0. The second-order valence-electron chi connectivity index (χ2n) is 50.6. The van der Waals surface area contributed by atoms with E-state index in [0.717, 1.165) is 130 Å². The predicted octanol–water partition coefficient (Wildman–Crippen LogP) is 24.1. The number of carbonyl (C=O) groups excluding carboxylic acids is 12. The molecule has 12 rings (SSSR count). The molecule has 0 radical (unpaired) electrons. The zero-order chi connectivity index (χ0) is 100. The largest absolute Gasteiger partial charge is 0.463 e. The van der Waals surface area contributed by atoms with Gasteiger partial charge in [0.1, 0.15) is 22.4 Å². The number of fused-ring (bicyclic) bond motifs is 11. The van der Waals surface area contributed by atoms with Crippen LogP contribution >= 0.6 is 0 Å². The lowest BCUT2D eigenvalue weighted by atomic mass is 9.62. The summed E-state index contributed by atoms with van der Waals surface area (Å²) in [5.41, 5.74) is -2.62. The van der Waals surface area contributed by atoms with Gasteiger partial charge in [-0.1, -0.05) is 186 Å². The fourth-order valence-electron chi connectivity index (χ4n) is 20.3. The van der Waals surface area contributed by atoms with Gasteiger partial charge in [0, 0.05) is 45.1 Å². The molecule has 6 bridgehead atoms. The molecule has 131 heavy (non-hydrogen) atoms. The van der Waals surface area contributed by atoms with Gasteiger partial charge in [0.05, 0.1) is 70.4 Å². The minimum atomic E-state index is -1.10. The molecule has 20 atom stereocenters. The van der Waals surface area contributed by atoms with Gasteiger partial charge in [0.25, 0.3) is 0 Å². The molecule has 8 aliphatic carbocycles. The van der Waals surface area contributed by atoms with E-state index in [1.54, 1.807) is 55.4 Å². The maximum absolute atomic E-state index is 13.5. The molecule has 4 saturated heterocycles. The van der Waals surface area contributed by atoms with Crippen LogP contribution in [0.15, 0.2) is 0 Å². The Bertz CT molecular complexity index is 3710. The highest BCUT2D eigenvalue weighted by atomic mass is 28.3. The van der Waals surface area contributed by atoms with Gasteiger partial charge in [-0.25, -0.2) is 9.59 Å². The summed E-state index contributed by atoms with van der Waals surface area (Å²) < 4.78 is 52.3. The first-order chi connectivity index (χ1) is 59.9. The molecule has 0 aromatic carbocycles. The number of esters is 12. The van der Waals surface area contributed by atoms with Crippen molar-refractivity contribution < 1.29 is 105 Å². The number of rotatable bonds is 28. The molecular formula is C105H186O22Si4. The van der Waals surface area contributed by atoms with Crippen molar-refractivity contribution in [3.05, 3.63) is 0 Å². The number of carbonyl (C=O) groups is 12. The number of cyclic esters (lactones) is 6. The van der Waals surface area contributed by atoms with Crippen molar-refractivity contribution in [1.29, 1.82) is 0 Å². The van der Waals surface area contributed by atoms with Crippen molar-refractivity contribution in [2.24, 2.45) is 128 Å². The van der Waals surface area contributed by atoms with Gasteiger partial charge in [-0.15, -0.1) is 0 Å². The van der Waals surface area contributed by atoms with Crippen LogP contribution in [0.2, 0.25) is 103 Å². The Morgan fingerprint density at radius 3 is 1.00 bits per heavy atom. The third kappa shape index (κ3) is 33.6. The lowest BCUT2D eigenvalue weighted by Crippen LogP contribution is -2.43. The number of hydrogen-bond acceptors (Lipinski definition) is 22. The minimum Gasteiger partial charge on any atom is -0.463 e. The summed E-state index contributed by atoms with van der Waals surface area (Å²) in [5, 5.41) is 0. The molecule has 12 aliphatic rings. The van der Waals surface area contributed by atoms with Crippen LogP contribution in [-0.2, 0) is 105 Å². The van der Waals surface area contributed by atoms with E-state index in [2.05, 4.69) is 137 Å². The molecule has 12 fully saturated rings. The second-order valence-corrected chi connectivity index (χ2v) is 73.1. The molecule has 8 saturated carbocycles. The van der Waals surface area contributed by atoms with Crippen LogP contribution in [0.5, 0.6) is 0 Å². The van der Waals surface area contributed by atoms with Crippen molar-refractivity contribution >= 4 is 104 Å². The minimum absolute atomic E-state index is 0.00692. The SMILES string of the molecule is CC1C(=O)OC(=O)C1C.CC1C(=O)OC(=O)C1C.CC1C(C)C2CC1C1C3CC(C(=O)OC4(CC[Si](C)(C)C)CCCC4)C(C3)C21.CC1C2CC(C(=O)OC(C)(C)CC[Si](C)(C)C)C(C2)C1C.CCC(C)(C)C(=O)OC(C)(C)CC[Si](C)(C)C.CCC(C)(C)C(=O)OC1(CC[Si](C)(C)C)CCCC1.CCC(C)(C)C(=O)OC1CCOC1=O.CCC(C)(C)C(=O)OC1CCOC1=O. The Balaban J connectivity index is 0.000000272. The summed E-state index contributed by atoms with van der Waals surface area (Å²) in [6.45, 7) is 77.1. The fourth-order valence-corrected chi connectivity index (χ4v) is 25.4. The first kappa shape index (κ1) is 116. The molecule has 4 heterocycles. The first-order valence-corrected chi connectivity index (χ1v) is 65.9. The Morgan fingerprint density at radius 1 is 0.351 bits per heavy atom. The molecule has 20 unspecified atom stereocenters. The van der Waals surface area contributed by atoms with E-state index >= 15 is 0 Å². The normalized spacial score (nSPS) is 30.2. The monoisotopic (exact) mass is 1910 g/mol. The van der Waals surface area contributed by atoms with Gasteiger partial charge in [-0.05, 0) is 289 Å². The van der Waals surface area contributed by atoms with E-state index in [-0.39, 0.29) is 105 Å². The Labute approximate surface area is 796 Å². The highest BCUT2D eigenvalue weighted by Gasteiger charge is 2.67. The van der Waals surface area contributed by atoms with Gasteiger partial charge in [0.15, 0.2) is 0 Å². The van der Waals surface area contributed by atoms with E-state index in [1.807, 2.05) is 62.3 Å². The molecule has 26 heteroatoms. The quantitative estimate of drug-likeness (QED) is 0.0231. The molecule has 22 nitrogen and oxygen atoms in total. The van der Waals surface area contributed by atoms with Crippen molar-refractivity contribution in [2.45, 2.75) is 451 Å². The van der Waals surface area contributed by atoms with E-state index in [9.17, 15) is 57.5 Å². The van der Waals surface area contributed by atoms with Crippen LogP contribution in [0.1, 0.15) is 314 Å². The summed E-state index contributed by atoms with van der Waals surface area (Å²) in [4.78, 5) is 138. The zero-order valence-corrected chi connectivity index (χ0v) is 93.0. The maximum Gasteiger partial charge on any atom is 0.347 e. The molecule has 0 aromatic heterocycles. The van der Waals surface area contributed by atoms with Crippen molar-refractivity contribution in [2.75, 3.05) is 13.2 Å². The zero-order valence-electron chi connectivity index (χ0n) is 89.0. The lowest BCUT2D eigenvalue weighted by Gasteiger charge is -2.43. The van der Waals surface area contributed by atoms with Gasteiger partial charge in [-0.3, -0.25) is 47.9 Å². The molecule has 0 spiro atoms. The summed E-state index contributed by atoms with van der Waals surface area (Å²) in [6, 6.07) is 4.96. The third-order valence-corrected chi connectivity index (χ3v) is 39.8. The topological polar surface area (TPSA) is 297 Å². The molecule has 754 valence electrons. The van der Waals surface area contributed by atoms with Crippen LogP contribution in [0.3, 0.4) is 0 Å². The van der Waals surface area contributed by atoms with Crippen LogP contribution in [0.25, 0.3) is 0 Å². The van der Waals surface area contributed by atoms with Crippen molar-refractivity contribution in [3.8, 4) is 0 Å².